The van der Waals surface area contributed by atoms with Crippen LogP contribution >= 0.6 is 0 Å². The van der Waals surface area contributed by atoms with Gasteiger partial charge in [-0.05, 0) is 102 Å². The van der Waals surface area contributed by atoms with Crippen LogP contribution < -0.4 is 9.47 Å². The third-order valence-electron chi connectivity index (χ3n) is 9.69. The first-order chi connectivity index (χ1) is 24.1. The van der Waals surface area contributed by atoms with E-state index in [9.17, 15) is 0 Å². The standard InChI is InChI=1S/C44H44N4O2.Pt/c1-27(2)20-39-30(6)29(5)31(7)40(21-28(3)4)44(39)32-25-46-47(26-32)33-12-11-13-35(22-33)50-36-16-17-38-37-14-9-10-15-41(37)48(42(38)23-36)43-24-34(49-8)18-19-45-43;/h9-19,24-28H,20-21H2,1-8H3;/q-2;+2. The fourth-order valence-corrected chi connectivity index (χ4v) is 7.12. The maximum Gasteiger partial charge on any atom is 2.00 e. The van der Waals surface area contributed by atoms with Gasteiger partial charge in [-0.1, -0.05) is 51.4 Å². The van der Waals surface area contributed by atoms with Crippen molar-refractivity contribution in [1.29, 1.82) is 0 Å². The van der Waals surface area contributed by atoms with E-state index in [0.717, 1.165) is 57.5 Å². The molecule has 3 heterocycles. The molecule has 0 saturated heterocycles. The summed E-state index contributed by atoms with van der Waals surface area (Å²) in [5.74, 6) is 3.74. The monoisotopic (exact) mass is 855 g/mol. The zero-order valence-corrected chi connectivity index (χ0v) is 32.8. The Balaban J connectivity index is 0.00000448. The molecular formula is C44H44N4O2Pt. The first-order valence-electron chi connectivity index (χ1n) is 17.5. The molecule has 0 N–H and O–H groups in total. The Morgan fingerprint density at radius 1 is 0.765 bits per heavy atom. The van der Waals surface area contributed by atoms with Crippen LogP contribution in [0, 0.1) is 44.7 Å². The van der Waals surface area contributed by atoms with Crippen molar-refractivity contribution in [3.05, 3.63) is 125 Å². The quantitative estimate of drug-likeness (QED) is 0.129. The Labute approximate surface area is 315 Å². The molecule has 0 amide bonds. The second kappa shape index (κ2) is 14.9. The maximum atomic E-state index is 6.43. The Morgan fingerprint density at radius 2 is 1.47 bits per heavy atom. The summed E-state index contributed by atoms with van der Waals surface area (Å²) in [7, 11) is 1.66. The van der Waals surface area contributed by atoms with E-state index in [4.69, 9.17) is 14.6 Å². The van der Waals surface area contributed by atoms with Gasteiger partial charge in [0.05, 0.1) is 13.3 Å². The molecule has 7 rings (SSSR count). The number of aromatic nitrogens is 4. The molecule has 0 saturated carbocycles. The third kappa shape index (κ3) is 6.99. The minimum atomic E-state index is 0. The molecule has 0 spiro atoms. The summed E-state index contributed by atoms with van der Waals surface area (Å²) in [4.78, 5) is 4.67. The number of rotatable bonds is 10. The zero-order chi connectivity index (χ0) is 35.1. The van der Waals surface area contributed by atoms with Gasteiger partial charge in [0, 0.05) is 41.0 Å². The van der Waals surface area contributed by atoms with Gasteiger partial charge in [-0.3, -0.25) is 4.68 Å². The smallest absolute Gasteiger partial charge is 0.509 e. The Hall–Kier alpha value is -4.67. The van der Waals surface area contributed by atoms with Crippen molar-refractivity contribution in [3.8, 4) is 39.9 Å². The van der Waals surface area contributed by atoms with Gasteiger partial charge in [-0.15, -0.1) is 35.7 Å². The Kier molecular flexibility index (Phi) is 10.6. The zero-order valence-electron chi connectivity index (χ0n) is 30.6. The summed E-state index contributed by atoms with van der Waals surface area (Å²) < 4.78 is 15.9. The fraction of sp³-hybridized carbons (Fsp3) is 0.273. The first-order valence-corrected chi connectivity index (χ1v) is 17.5. The molecule has 0 aliphatic carbocycles. The summed E-state index contributed by atoms with van der Waals surface area (Å²) in [6.07, 6.45) is 7.97. The van der Waals surface area contributed by atoms with Crippen LogP contribution in [0.15, 0.2) is 85.3 Å². The minimum absolute atomic E-state index is 0. The van der Waals surface area contributed by atoms with Crippen molar-refractivity contribution >= 4 is 21.8 Å². The van der Waals surface area contributed by atoms with Crippen molar-refractivity contribution in [2.24, 2.45) is 11.8 Å². The minimum Gasteiger partial charge on any atom is -0.509 e. The summed E-state index contributed by atoms with van der Waals surface area (Å²) in [5, 5.41) is 7.04. The SMILES string of the molecule is COc1ccnc(-n2c3[c-]c(Oc4[c-]c(-n5cc(-c6c(CC(C)C)c(C)c(C)c(C)c6CC(C)C)cn5)ccc4)ccc3c3ccccc32)c1.[Pt+2]. The van der Waals surface area contributed by atoms with Gasteiger partial charge in [0.2, 0.25) is 0 Å². The number of nitrogens with zero attached hydrogens (tertiary/aromatic N) is 4. The maximum absolute atomic E-state index is 6.43. The molecule has 0 aliphatic heterocycles. The van der Waals surface area contributed by atoms with Crippen LogP contribution in [-0.2, 0) is 33.9 Å². The van der Waals surface area contributed by atoms with Gasteiger partial charge < -0.3 is 14.0 Å². The number of hydrogen-bond donors (Lipinski definition) is 0. The van der Waals surface area contributed by atoms with Crippen molar-refractivity contribution in [2.45, 2.75) is 61.3 Å². The number of fused-ring (bicyclic) bond motifs is 3. The normalized spacial score (nSPS) is 11.5. The molecule has 0 unspecified atom stereocenters. The predicted octanol–water partition coefficient (Wildman–Crippen LogP) is 10.8. The van der Waals surface area contributed by atoms with Crippen LogP contribution in [0.25, 0.3) is 44.4 Å². The van der Waals surface area contributed by atoms with E-state index in [-0.39, 0.29) is 21.1 Å². The molecular weight excluding hydrogens is 812 g/mol. The van der Waals surface area contributed by atoms with Crippen LogP contribution in [0.1, 0.15) is 55.5 Å². The third-order valence-corrected chi connectivity index (χ3v) is 9.69. The summed E-state index contributed by atoms with van der Waals surface area (Å²) in [6.45, 7) is 16.0. The van der Waals surface area contributed by atoms with Gasteiger partial charge in [-0.25, -0.2) is 4.98 Å². The summed E-state index contributed by atoms with van der Waals surface area (Å²) in [5.41, 5.74) is 12.3. The summed E-state index contributed by atoms with van der Waals surface area (Å²) >= 11 is 0. The molecule has 7 aromatic rings. The predicted molar refractivity (Wildman–Crippen MR) is 203 cm³/mol. The Morgan fingerprint density at radius 3 is 2.18 bits per heavy atom. The molecule has 262 valence electrons. The topological polar surface area (TPSA) is 54.1 Å². The van der Waals surface area contributed by atoms with Gasteiger partial charge in [0.1, 0.15) is 11.6 Å². The van der Waals surface area contributed by atoms with Crippen molar-refractivity contribution in [3.63, 3.8) is 0 Å². The van der Waals surface area contributed by atoms with Gasteiger partial charge in [-0.2, -0.15) is 17.2 Å². The largest absolute Gasteiger partial charge is 2.00 e. The molecule has 7 heteroatoms. The van der Waals surface area contributed by atoms with Gasteiger partial charge >= 0.3 is 21.1 Å². The van der Waals surface area contributed by atoms with Crippen LogP contribution in [0.2, 0.25) is 0 Å². The average Bonchev–Trinajstić information content (AvgIpc) is 3.72. The van der Waals surface area contributed by atoms with E-state index in [1.54, 1.807) is 13.3 Å². The number of para-hydroxylation sites is 1. The average molecular weight is 856 g/mol. The molecule has 3 aromatic heterocycles. The first kappa shape index (κ1) is 36.1. The van der Waals surface area contributed by atoms with E-state index < -0.39 is 0 Å². The molecule has 6 nitrogen and oxygen atoms in total. The van der Waals surface area contributed by atoms with Crippen molar-refractivity contribution < 1.29 is 30.5 Å². The molecule has 4 aromatic carbocycles. The molecule has 0 atom stereocenters. The van der Waals surface area contributed by atoms with E-state index in [1.165, 1.54) is 33.4 Å². The molecule has 0 bridgehead atoms. The Bertz CT molecular complexity index is 2310. The number of ether oxygens (including phenoxy) is 2. The fourth-order valence-electron chi connectivity index (χ4n) is 7.12. The van der Waals surface area contributed by atoms with Gasteiger partial charge in [0.15, 0.2) is 0 Å². The van der Waals surface area contributed by atoms with Crippen LogP contribution in [0.5, 0.6) is 17.2 Å². The van der Waals surface area contributed by atoms with Crippen LogP contribution in [0.3, 0.4) is 0 Å². The van der Waals surface area contributed by atoms with Crippen LogP contribution in [0.4, 0.5) is 0 Å². The van der Waals surface area contributed by atoms with E-state index in [2.05, 4.69) is 94.5 Å². The van der Waals surface area contributed by atoms with Crippen LogP contribution in [-0.4, -0.2) is 26.4 Å². The second-order valence-electron chi connectivity index (χ2n) is 14.1. The molecule has 0 aliphatic rings. The second-order valence-corrected chi connectivity index (χ2v) is 14.1. The van der Waals surface area contributed by atoms with Crippen molar-refractivity contribution in [2.75, 3.05) is 7.11 Å². The van der Waals surface area contributed by atoms with E-state index in [1.807, 2.05) is 59.4 Å². The number of pyridine rings is 1. The number of benzene rings is 4. The summed E-state index contributed by atoms with van der Waals surface area (Å²) in [6, 6.07) is 29.0. The van der Waals surface area contributed by atoms with Crippen molar-refractivity contribution in [1.82, 2.24) is 19.3 Å². The van der Waals surface area contributed by atoms with E-state index >= 15 is 0 Å². The number of methoxy groups -OCH3 is 1. The van der Waals surface area contributed by atoms with E-state index in [0.29, 0.717) is 23.3 Å². The molecule has 0 radical (unpaired) electrons. The molecule has 0 fully saturated rings. The number of hydrogen-bond acceptors (Lipinski definition) is 4. The molecule has 51 heavy (non-hydrogen) atoms. The van der Waals surface area contributed by atoms with Gasteiger partial charge in [0.25, 0.3) is 0 Å².